The highest BCUT2D eigenvalue weighted by Crippen LogP contribution is 2.16. The first-order valence-corrected chi connectivity index (χ1v) is 3.06. The van der Waals surface area contributed by atoms with Gasteiger partial charge in [0.2, 0.25) is 6.33 Å². The van der Waals surface area contributed by atoms with Crippen LogP contribution in [0.1, 0.15) is 0 Å². The molecule has 1 aromatic carbocycles. The zero-order valence-electron chi connectivity index (χ0n) is 5.52. The third-order valence-corrected chi connectivity index (χ3v) is 1.45. The number of aromatic nitrogens is 2. The third kappa shape index (κ3) is 0.797. The minimum absolute atomic E-state index is 0.129. The van der Waals surface area contributed by atoms with Crippen LogP contribution in [0.3, 0.4) is 0 Å². The van der Waals surface area contributed by atoms with E-state index in [9.17, 15) is 0 Å². The second-order valence-corrected chi connectivity index (χ2v) is 2.20. The molecule has 0 aliphatic heterocycles. The molecule has 0 aliphatic carbocycles. The first-order chi connectivity index (χ1) is 5.27. The number of fused-ring (bicyclic) bond motifs is 1. The number of rotatable bonds is 0. The topological polar surface area (TPSA) is 58.3 Å². The van der Waals surface area contributed by atoms with E-state index in [0.717, 1.165) is 4.73 Å². The van der Waals surface area contributed by atoms with Crippen molar-refractivity contribution in [1.29, 1.82) is 0 Å². The molecule has 0 bridgehead atoms. The van der Waals surface area contributed by atoms with E-state index in [4.69, 9.17) is 10.3 Å². The molecule has 1 radical (unpaired) electrons. The Balaban J connectivity index is 2.86. The summed E-state index contributed by atoms with van der Waals surface area (Å²) in [5.41, 5.74) is 1.05. The zero-order chi connectivity index (χ0) is 7.84. The molecule has 55 valence electrons. The van der Waals surface area contributed by atoms with Gasteiger partial charge in [-0.05, 0) is 12.1 Å². The third-order valence-electron chi connectivity index (χ3n) is 1.45. The van der Waals surface area contributed by atoms with Crippen molar-refractivity contribution in [2.24, 2.45) is 0 Å². The number of nitrogens with zero attached hydrogens (tertiary/aromatic N) is 2. The number of phenolic OH excluding ortho intramolecular Hbond substituents is 1. The highest BCUT2D eigenvalue weighted by Gasteiger charge is 2.00. The lowest BCUT2D eigenvalue weighted by atomic mass is 10.3. The van der Waals surface area contributed by atoms with Crippen molar-refractivity contribution in [1.82, 2.24) is 9.71 Å². The second kappa shape index (κ2) is 1.88. The highest BCUT2D eigenvalue weighted by molar-refractivity contribution is 5.76. The molecule has 2 N–H and O–H groups in total. The van der Waals surface area contributed by atoms with E-state index in [1.54, 1.807) is 6.07 Å². The van der Waals surface area contributed by atoms with Crippen molar-refractivity contribution in [3.8, 4) is 5.75 Å². The van der Waals surface area contributed by atoms with E-state index >= 15 is 0 Å². The standard InChI is InChI=1S/C7H5N2O2/c10-5-1-2-7-6(3-5)8-4-9(7)11/h1-3,10-11H. The van der Waals surface area contributed by atoms with Crippen molar-refractivity contribution in [2.45, 2.75) is 0 Å². The van der Waals surface area contributed by atoms with Crippen LogP contribution in [-0.2, 0) is 0 Å². The lowest BCUT2D eigenvalue weighted by Gasteiger charge is -1.91. The van der Waals surface area contributed by atoms with Crippen molar-refractivity contribution in [2.75, 3.05) is 0 Å². The Kier molecular flexibility index (Phi) is 1.03. The van der Waals surface area contributed by atoms with E-state index in [1.165, 1.54) is 12.1 Å². The molecule has 2 aromatic rings. The predicted octanol–water partition coefficient (Wildman–Crippen LogP) is 0.779. The van der Waals surface area contributed by atoms with Crippen LogP contribution in [0.5, 0.6) is 5.75 Å². The SMILES string of the molecule is Oc1ccc2c(c1)n[c]n2O. The molecule has 2 rings (SSSR count). The molecular formula is C7H5N2O2. The van der Waals surface area contributed by atoms with Gasteiger partial charge in [-0.15, -0.1) is 0 Å². The fourth-order valence-corrected chi connectivity index (χ4v) is 0.936. The largest absolute Gasteiger partial charge is 0.508 e. The fraction of sp³-hybridized carbons (Fsp3) is 0. The molecule has 0 fully saturated rings. The van der Waals surface area contributed by atoms with Gasteiger partial charge in [0.05, 0.1) is 5.52 Å². The second-order valence-electron chi connectivity index (χ2n) is 2.20. The zero-order valence-corrected chi connectivity index (χ0v) is 5.52. The molecule has 0 saturated heterocycles. The molecule has 0 saturated carbocycles. The quantitative estimate of drug-likeness (QED) is 0.544. The van der Waals surface area contributed by atoms with Gasteiger partial charge in [0.15, 0.2) is 0 Å². The number of hydrogen-bond acceptors (Lipinski definition) is 3. The Morgan fingerprint density at radius 3 is 3.09 bits per heavy atom. The molecule has 0 aliphatic rings. The Hall–Kier alpha value is -1.71. The first-order valence-electron chi connectivity index (χ1n) is 3.06. The molecule has 0 spiro atoms. The number of imidazole rings is 1. The smallest absolute Gasteiger partial charge is 0.215 e. The molecule has 1 heterocycles. The van der Waals surface area contributed by atoms with Crippen LogP contribution in [0.2, 0.25) is 0 Å². The Labute approximate surface area is 62.3 Å². The predicted molar refractivity (Wildman–Crippen MR) is 37.4 cm³/mol. The maximum absolute atomic E-state index is 9.02. The van der Waals surface area contributed by atoms with Crippen LogP contribution >= 0.6 is 0 Å². The van der Waals surface area contributed by atoms with Gasteiger partial charge in [-0.3, -0.25) is 0 Å². The van der Waals surface area contributed by atoms with Crippen LogP contribution in [0.15, 0.2) is 18.2 Å². The normalized spacial score (nSPS) is 10.5. The first kappa shape index (κ1) is 6.03. The molecular weight excluding hydrogens is 144 g/mol. The van der Waals surface area contributed by atoms with Crippen molar-refractivity contribution >= 4 is 11.0 Å². The molecule has 4 heteroatoms. The van der Waals surface area contributed by atoms with Crippen LogP contribution in [0.4, 0.5) is 0 Å². The number of hydrogen-bond donors (Lipinski definition) is 2. The van der Waals surface area contributed by atoms with Gasteiger partial charge >= 0.3 is 0 Å². The van der Waals surface area contributed by atoms with E-state index in [1.807, 2.05) is 0 Å². The maximum Gasteiger partial charge on any atom is 0.215 e. The summed E-state index contributed by atoms with van der Waals surface area (Å²) in [5, 5.41) is 18.0. The average molecular weight is 149 g/mol. The number of aromatic hydroxyl groups is 1. The summed E-state index contributed by atoms with van der Waals surface area (Å²) in [6.45, 7) is 0. The monoisotopic (exact) mass is 149 g/mol. The van der Waals surface area contributed by atoms with E-state index in [0.29, 0.717) is 11.0 Å². The molecule has 11 heavy (non-hydrogen) atoms. The summed E-state index contributed by atoms with van der Waals surface area (Å²) in [7, 11) is 0. The Morgan fingerprint density at radius 1 is 1.45 bits per heavy atom. The highest BCUT2D eigenvalue weighted by atomic mass is 16.5. The summed E-state index contributed by atoms with van der Waals surface area (Å²) in [6.07, 6.45) is 2.31. The van der Waals surface area contributed by atoms with Crippen molar-refractivity contribution < 1.29 is 10.3 Å². The average Bonchev–Trinajstić information content (AvgIpc) is 2.32. The van der Waals surface area contributed by atoms with Gasteiger partial charge in [-0.1, -0.05) is 0 Å². The Bertz CT molecular complexity index is 394. The van der Waals surface area contributed by atoms with Gasteiger partial charge in [-0.2, -0.15) is 4.73 Å². The molecule has 4 nitrogen and oxygen atoms in total. The van der Waals surface area contributed by atoms with E-state index in [2.05, 4.69) is 11.3 Å². The van der Waals surface area contributed by atoms with E-state index in [-0.39, 0.29) is 5.75 Å². The van der Waals surface area contributed by atoms with Crippen molar-refractivity contribution in [3.05, 3.63) is 24.5 Å². The maximum atomic E-state index is 9.02. The van der Waals surface area contributed by atoms with Crippen molar-refractivity contribution in [3.63, 3.8) is 0 Å². The summed E-state index contributed by atoms with van der Waals surface area (Å²) < 4.78 is 0.786. The van der Waals surface area contributed by atoms with Crippen LogP contribution in [0.25, 0.3) is 11.0 Å². The minimum Gasteiger partial charge on any atom is -0.508 e. The summed E-state index contributed by atoms with van der Waals surface area (Å²) in [6, 6.07) is 4.50. The lowest BCUT2D eigenvalue weighted by Crippen LogP contribution is -1.84. The van der Waals surface area contributed by atoms with Gasteiger partial charge in [0.1, 0.15) is 11.3 Å². The summed E-state index contributed by atoms with van der Waals surface area (Å²) in [5.74, 6) is 0.129. The van der Waals surface area contributed by atoms with Gasteiger partial charge in [0.25, 0.3) is 0 Å². The van der Waals surface area contributed by atoms with Gasteiger partial charge in [0, 0.05) is 6.07 Å². The Morgan fingerprint density at radius 2 is 2.27 bits per heavy atom. The number of phenols is 1. The van der Waals surface area contributed by atoms with Gasteiger partial charge in [-0.25, -0.2) is 4.98 Å². The van der Waals surface area contributed by atoms with Gasteiger partial charge < -0.3 is 10.3 Å². The fourth-order valence-electron chi connectivity index (χ4n) is 0.936. The summed E-state index contributed by atoms with van der Waals surface area (Å²) >= 11 is 0. The molecule has 1 aromatic heterocycles. The van der Waals surface area contributed by atoms with Crippen LogP contribution in [0, 0.1) is 6.33 Å². The molecule has 0 amide bonds. The number of benzene rings is 1. The van der Waals surface area contributed by atoms with Crippen LogP contribution in [-0.4, -0.2) is 20.0 Å². The summed E-state index contributed by atoms with van der Waals surface area (Å²) in [4.78, 5) is 3.71. The molecule has 0 unspecified atom stereocenters. The molecule has 0 atom stereocenters. The minimum atomic E-state index is 0.129. The lowest BCUT2D eigenvalue weighted by molar-refractivity contribution is 0.195. The van der Waals surface area contributed by atoms with E-state index < -0.39 is 0 Å². The van der Waals surface area contributed by atoms with Crippen LogP contribution < -0.4 is 0 Å².